The van der Waals surface area contributed by atoms with E-state index < -0.39 is 10.0 Å². The van der Waals surface area contributed by atoms with E-state index in [1.807, 2.05) is 31.2 Å². The Balaban J connectivity index is 1.54. The number of nitrogens with one attached hydrogen (secondary N) is 1. The minimum atomic E-state index is -3.45. The predicted octanol–water partition coefficient (Wildman–Crippen LogP) is 2.27. The van der Waals surface area contributed by atoms with E-state index in [2.05, 4.69) is 19.6 Å². The van der Waals surface area contributed by atoms with Crippen LogP contribution in [0.5, 0.6) is 5.75 Å². The monoisotopic (exact) mass is 390 g/mol. The smallest absolute Gasteiger partial charge is 0.225 e. The van der Waals surface area contributed by atoms with E-state index in [9.17, 15) is 8.42 Å². The number of para-hydroxylation sites is 1. The zero-order chi connectivity index (χ0) is 19.1. The lowest BCUT2D eigenvalue weighted by molar-refractivity contribution is 0.340. The lowest BCUT2D eigenvalue weighted by Crippen LogP contribution is -2.32. The van der Waals surface area contributed by atoms with Crippen molar-refractivity contribution in [1.82, 2.24) is 14.7 Å². The molecule has 3 rings (SSSR count). The van der Waals surface area contributed by atoms with Gasteiger partial charge in [0, 0.05) is 18.8 Å². The van der Waals surface area contributed by atoms with Crippen molar-refractivity contribution in [3.63, 3.8) is 0 Å². The molecule has 0 spiro atoms. The summed E-state index contributed by atoms with van der Waals surface area (Å²) in [7, 11) is -3.45. The van der Waals surface area contributed by atoms with Gasteiger partial charge >= 0.3 is 0 Å². The molecule has 1 fully saturated rings. The summed E-state index contributed by atoms with van der Waals surface area (Å²) in [6.45, 7) is 4.05. The second kappa shape index (κ2) is 9.14. The molecule has 2 aromatic rings. The van der Waals surface area contributed by atoms with Crippen LogP contribution in [0.3, 0.4) is 0 Å². The quantitative estimate of drug-likeness (QED) is 0.744. The molecule has 7 nitrogen and oxygen atoms in total. The standard InChI is InChI=1S/C19H26N4O3S/c1-16-14-17(22-19(21-16)23-10-6-3-7-11-23)15-20-27(24,25)13-12-26-18-8-4-2-5-9-18/h2,4-5,8-9,14,20H,3,6-7,10-13,15H2,1H3. The van der Waals surface area contributed by atoms with Crippen molar-refractivity contribution in [3.8, 4) is 5.75 Å². The molecule has 0 aliphatic carbocycles. The fourth-order valence-electron chi connectivity index (χ4n) is 2.98. The molecule has 0 saturated carbocycles. The SMILES string of the molecule is Cc1cc(CNS(=O)(=O)CCOc2ccccc2)nc(N2CCCCC2)n1. The molecule has 0 atom stereocenters. The van der Waals surface area contributed by atoms with Crippen LogP contribution in [0.2, 0.25) is 0 Å². The second-order valence-electron chi connectivity index (χ2n) is 6.65. The van der Waals surface area contributed by atoms with Gasteiger partial charge in [0.1, 0.15) is 12.4 Å². The number of hydrogen-bond acceptors (Lipinski definition) is 6. The van der Waals surface area contributed by atoms with E-state index in [1.165, 1.54) is 6.42 Å². The number of piperidine rings is 1. The second-order valence-corrected chi connectivity index (χ2v) is 8.58. The Kier molecular flexibility index (Phi) is 6.63. The number of ether oxygens (including phenoxy) is 1. The lowest BCUT2D eigenvalue weighted by Gasteiger charge is -2.27. The number of rotatable bonds is 8. The molecule has 0 amide bonds. The molecule has 8 heteroatoms. The molecular formula is C19H26N4O3S. The number of aryl methyl sites for hydroxylation is 1. The molecule has 1 aromatic carbocycles. The Morgan fingerprint density at radius 1 is 1.11 bits per heavy atom. The van der Waals surface area contributed by atoms with Crippen molar-refractivity contribution in [1.29, 1.82) is 0 Å². The van der Waals surface area contributed by atoms with E-state index >= 15 is 0 Å². The van der Waals surface area contributed by atoms with Gasteiger partial charge in [-0.3, -0.25) is 0 Å². The van der Waals surface area contributed by atoms with Crippen LogP contribution in [0.1, 0.15) is 30.7 Å². The highest BCUT2D eigenvalue weighted by Crippen LogP contribution is 2.16. The molecule has 2 heterocycles. The van der Waals surface area contributed by atoms with Gasteiger partial charge in [-0.05, 0) is 44.4 Å². The van der Waals surface area contributed by atoms with Gasteiger partial charge in [0.15, 0.2) is 0 Å². The van der Waals surface area contributed by atoms with E-state index in [0.717, 1.165) is 31.6 Å². The van der Waals surface area contributed by atoms with Crippen LogP contribution in [-0.4, -0.2) is 43.8 Å². The average molecular weight is 391 g/mol. The van der Waals surface area contributed by atoms with Crippen molar-refractivity contribution < 1.29 is 13.2 Å². The summed E-state index contributed by atoms with van der Waals surface area (Å²) in [5, 5.41) is 0. The van der Waals surface area contributed by atoms with Crippen molar-refractivity contribution >= 4 is 16.0 Å². The minimum absolute atomic E-state index is 0.0984. The van der Waals surface area contributed by atoms with Crippen LogP contribution in [0.15, 0.2) is 36.4 Å². The summed E-state index contributed by atoms with van der Waals surface area (Å²) >= 11 is 0. The fraction of sp³-hybridized carbons (Fsp3) is 0.474. The Labute approximate surface area is 160 Å². The topological polar surface area (TPSA) is 84.4 Å². The van der Waals surface area contributed by atoms with Crippen LogP contribution in [-0.2, 0) is 16.6 Å². The number of sulfonamides is 1. The van der Waals surface area contributed by atoms with E-state index in [-0.39, 0.29) is 18.9 Å². The van der Waals surface area contributed by atoms with Crippen LogP contribution < -0.4 is 14.4 Å². The Bertz CT molecular complexity index is 837. The molecule has 146 valence electrons. The van der Waals surface area contributed by atoms with Crippen molar-refractivity contribution in [2.24, 2.45) is 0 Å². The molecule has 0 bridgehead atoms. The Morgan fingerprint density at radius 3 is 2.59 bits per heavy atom. The maximum absolute atomic E-state index is 12.2. The zero-order valence-corrected chi connectivity index (χ0v) is 16.4. The van der Waals surface area contributed by atoms with Crippen molar-refractivity contribution in [2.45, 2.75) is 32.7 Å². The number of aromatic nitrogens is 2. The van der Waals surface area contributed by atoms with Gasteiger partial charge in [-0.15, -0.1) is 0 Å². The summed E-state index contributed by atoms with van der Waals surface area (Å²) in [4.78, 5) is 11.2. The van der Waals surface area contributed by atoms with Gasteiger partial charge in [0.25, 0.3) is 0 Å². The third kappa shape index (κ3) is 6.18. The van der Waals surface area contributed by atoms with Crippen LogP contribution in [0.4, 0.5) is 5.95 Å². The lowest BCUT2D eigenvalue weighted by atomic mass is 10.1. The maximum Gasteiger partial charge on any atom is 0.225 e. The summed E-state index contributed by atoms with van der Waals surface area (Å²) < 4.78 is 32.5. The third-order valence-corrected chi connectivity index (χ3v) is 5.66. The van der Waals surface area contributed by atoms with Gasteiger partial charge in [0.2, 0.25) is 16.0 Å². The average Bonchev–Trinajstić information content (AvgIpc) is 2.68. The number of nitrogens with zero attached hydrogens (tertiary/aromatic N) is 3. The van der Waals surface area contributed by atoms with Crippen molar-refractivity contribution in [3.05, 3.63) is 47.8 Å². The molecule has 1 aromatic heterocycles. The van der Waals surface area contributed by atoms with Crippen molar-refractivity contribution in [2.75, 3.05) is 30.3 Å². The molecule has 0 unspecified atom stereocenters. The molecule has 1 saturated heterocycles. The minimum Gasteiger partial charge on any atom is -0.492 e. The Morgan fingerprint density at radius 2 is 1.85 bits per heavy atom. The summed E-state index contributed by atoms with van der Waals surface area (Å²) in [6.07, 6.45) is 3.52. The zero-order valence-electron chi connectivity index (χ0n) is 15.6. The number of benzene rings is 1. The first-order valence-electron chi connectivity index (χ1n) is 9.26. The highest BCUT2D eigenvalue weighted by Gasteiger charge is 2.16. The largest absolute Gasteiger partial charge is 0.492 e. The molecule has 0 radical (unpaired) electrons. The highest BCUT2D eigenvalue weighted by atomic mass is 32.2. The van der Waals surface area contributed by atoms with Gasteiger partial charge < -0.3 is 9.64 Å². The molecular weight excluding hydrogens is 364 g/mol. The fourth-order valence-corrected chi connectivity index (χ4v) is 3.80. The van der Waals surface area contributed by atoms with E-state index in [0.29, 0.717) is 17.4 Å². The highest BCUT2D eigenvalue weighted by molar-refractivity contribution is 7.89. The normalized spacial score (nSPS) is 14.9. The summed E-state index contributed by atoms with van der Waals surface area (Å²) in [5.74, 6) is 1.24. The first kappa shape index (κ1) is 19.6. The summed E-state index contributed by atoms with van der Waals surface area (Å²) in [6, 6.07) is 11.0. The molecule has 1 N–H and O–H groups in total. The van der Waals surface area contributed by atoms with E-state index in [4.69, 9.17) is 4.74 Å². The Hall–Kier alpha value is -2.19. The van der Waals surface area contributed by atoms with Crippen LogP contribution >= 0.6 is 0 Å². The summed E-state index contributed by atoms with van der Waals surface area (Å²) in [5.41, 5.74) is 1.52. The van der Waals surface area contributed by atoms with E-state index in [1.54, 1.807) is 12.1 Å². The van der Waals surface area contributed by atoms with Gasteiger partial charge in [-0.1, -0.05) is 18.2 Å². The number of anilines is 1. The predicted molar refractivity (Wildman–Crippen MR) is 105 cm³/mol. The molecule has 1 aliphatic heterocycles. The van der Waals surface area contributed by atoms with Crippen LogP contribution in [0, 0.1) is 6.92 Å². The first-order chi connectivity index (χ1) is 13.0. The first-order valence-corrected chi connectivity index (χ1v) is 10.9. The van der Waals surface area contributed by atoms with Gasteiger partial charge in [-0.2, -0.15) is 0 Å². The maximum atomic E-state index is 12.2. The van der Waals surface area contributed by atoms with Gasteiger partial charge in [0.05, 0.1) is 18.0 Å². The molecule has 1 aliphatic rings. The molecule has 27 heavy (non-hydrogen) atoms. The number of hydrogen-bond donors (Lipinski definition) is 1. The van der Waals surface area contributed by atoms with Gasteiger partial charge in [-0.25, -0.2) is 23.1 Å². The third-order valence-electron chi connectivity index (χ3n) is 4.37. The van der Waals surface area contributed by atoms with Crippen LogP contribution in [0.25, 0.3) is 0 Å².